The fourth-order valence-corrected chi connectivity index (χ4v) is 2.13. The molecule has 0 fully saturated rings. The molecule has 0 saturated carbocycles. The van der Waals surface area contributed by atoms with Crippen molar-refractivity contribution in [3.8, 4) is 17.2 Å². The fourth-order valence-electron chi connectivity index (χ4n) is 2.13. The van der Waals surface area contributed by atoms with Crippen molar-refractivity contribution in [3.63, 3.8) is 0 Å². The highest BCUT2D eigenvalue weighted by Gasteiger charge is 2.10. The Bertz CT molecular complexity index is 879. The standard InChI is InChI=1S/C18H16FN3O3/c1-2-16-21-18(25-22-16)12-6-5-7-13(10-12)24-11-17(23)20-15-9-4-3-8-14(15)19/h3-10H,2,11H2,1H3,(H,20,23). The van der Waals surface area contributed by atoms with Gasteiger partial charge in [-0.15, -0.1) is 0 Å². The van der Waals surface area contributed by atoms with Crippen LogP contribution in [0.4, 0.5) is 10.1 Å². The maximum absolute atomic E-state index is 13.5. The Hall–Kier alpha value is -3.22. The van der Waals surface area contributed by atoms with Gasteiger partial charge in [-0.3, -0.25) is 4.79 Å². The first-order chi connectivity index (χ1) is 12.2. The number of aryl methyl sites for hydroxylation is 1. The van der Waals surface area contributed by atoms with E-state index in [4.69, 9.17) is 9.26 Å². The van der Waals surface area contributed by atoms with Crippen molar-refractivity contribution in [2.45, 2.75) is 13.3 Å². The molecular weight excluding hydrogens is 325 g/mol. The molecule has 1 aromatic heterocycles. The number of nitrogens with one attached hydrogen (secondary N) is 1. The van der Waals surface area contributed by atoms with Crippen LogP contribution in [0.5, 0.6) is 5.75 Å². The van der Waals surface area contributed by atoms with E-state index in [2.05, 4.69) is 15.5 Å². The second kappa shape index (κ2) is 7.57. The van der Waals surface area contributed by atoms with Gasteiger partial charge in [-0.05, 0) is 30.3 Å². The van der Waals surface area contributed by atoms with Crippen molar-refractivity contribution in [2.75, 3.05) is 11.9 Å². The topological polar surface area (TPSA) is 77.2 Å². The molecule has 25 heavy (non-hydrogen) atoms. The van der Waals surface area contributed by atoms with Crippen molar-refractivity contribution in [3.05, 3.63) is 60.2 Å². The summed E-state index contributed by atoms with van der Waals surface area (Å²) >= 11 is 0. The molecule has 0 aliphatic carbocycles. The molecule has 3 aromatic rings. The van der Waals surface area contributed by atoms with Crippen molar-refractivity contribution in [1.29, 1.82) is 0 Å². The smallest absolute Gasteiger partial charge is 0.262 e. The maximum atomic E-state index is 13.5. The highest BCUT2D eigenvalue weighted by molar-refractivity contribution is 5.91. The minimum absolute atomic E-state index is 0.114. The maximum Gasteiger partial charge on any atom is 0.262 e. The minimum Gasteiger partial charge on any atom is -0.484 e. The van der Waals surface area contributed by atoms with Gasteiger partial charge in [-0.25, -0.2) is 4.39 Å². The van der Waals surface area contributed by atoms with E-state index in [9.17, 15) is 9.18 Å². The van der Waals surface area contributed by atoms with Crippen molar-refractivity contribution in [1.82, 2.24) is 10.1 Å². The first kappa shape index (κ1) is 16.6. The molecule has 1 N–H and O–H groups in total. The molecule has 6 nitrogen and oxygen atoms in total. The lowest BCUT2D eigenvalue weighted by atomic mass is 10.2. The molecule has 1 amide bonds. The van der Waals surface area contributed by atoms with Crippen LogP contribution in [0.2, 0.25) is 0 Å². The van der Waals surface area contributed by atoms with E-state index in [1.54, 1.807) is 36.4 Å². The largest absolute Gasteiger partial charge is 0.484 e. The van der Waals surface area contributed by atoms with Gasteiger partial charge in [-0.2, -0.15) is 4.98 Å². The summed E-state index contributed by atoms with van der Waals surface area (Å²) in [4.78, 5) is 16.1. The Morgan fingerprint density at radius 3 is 2.84 bits per heavy atom. The first-order valence-corrected chi connectivity index (χ1v) is 7.76. The lowest BCUT2D eigenvalue weighted by molar-refractivity contribution is -0.118. The molecule has 0 atom stereocenters. The van der Waals surface area contributed by atoms with Gasteiger partial charge in [0.05, 0.1) is 5.69 Å². The SMILES string of the molecule is CCc1noc(-c2cccc(OCC(=O)Nc3ccccc3F)c2)n1. The number of anilines is 1. The van der Waals surface area contributed by atoms with E-state index in [1.807, 2.05) is 6.92 Å². The van der Waals surface area contributed by atoms with Crippen LogP contribution in [0.3, 0.4) is 0 Å². The third-order valence-corrected chi connectivity index (χ3v) is 3.38. The van der Waals surface area contributed by atoms with Crippen LogP contribution in [0.1, 0.15) is 12.7 Å². The number of halogens is 1. The number of aromatic nitrogens is 2. The van der Waals surface area contributed by atoms with E-state index in [0.29, 0.717) is 29.4 Å². The zero-order valence-electron chi connectivity index (χ0n) is 13.5. The van der Waals surface area contributed by atoms with Gasteiger partial charge in [0.15, 0.2) is 12.4 Å². The number of ether oxygens (including phenoxy) is 1. The average Bonchev–Trinajstić information content (AvgIpc) is 3.11. The highest BCUT2D eigenvalue weighted by Crippen LogP contribution is 2.22. The number of para-hydroxylation sites is 1. The summed E-state index contributed by atoms with van der Waals surface area (Å²) in [6, 6.07) is 12.9. The number of benzene rings is 2. The number of nitrogens with zero attached hydrogens (tertiary/aromatic N) is 2. The van der Waals surface area contributed by atoms with Gasteiger partial charge >= 0.3 is 0 Å². The summed E-state index contributed by atoms with van der Waals surface area (Å²) in [5.74, 6) is 0.517. The van der Waals surface area contributed by atoms with Gasteiger partial charge in [0.1, 0.15) is 11.6 Å². The fraction of sp³-hybridized carbons (Fsp3) is 0.167. The van der Waals surface area contributed by atoms with E-state index >= 15 is 0 Å². The van der Waals surface area contributed by atoms with E-state index < -0.39 is 11.7 Å². The van der Waals surface area contributed by atoms with E-state index in [1.165, 1.54) is 12.1 Å². The van der Waals surface area contributed by atoms with Gasteiger partial charge < -0.3 is 14.6 Å². The molecular formula is C18H16FN3O3. The summed E-state index contributed by atoms with van der Waals surface area (Å²) in [5, 5.41) is 6.30. The van der Waals surface area contributed by atoms with Crippen LogP contribution in [-0.2, 0) is 11.2 Å². The van der Waals surface area contributed by atoms with E-state index in [0.717, 1.165) is 0 Å². The number of carbonyl (C=O) groups excluding carboxylic acids is 1. The molecule has 2 aromatic carbocycles. The molecule has 0 unspecified atom stereocenters. The van der Waals surface area contributed by atoms with E-state index in [-0.39, 0.29) is 12.3 Å². The molecule has 0 radical (unpaired) electrons. The van der Waals surface area contributed by atoms with Crippen LogP contribution in [0, 0.1) is 5.82 Å². The molecule has 1 heterocycles. The zero-order valence-corrected chi connectivity index (χ0v) is 13.5. The third-order valence-electron chi connectivity index (χ3n) is 3.38. The molecule has 0 aliphatic rings. The quantitative estimate of drug-likeness (QED) is 0.743. The predicted molar refractivity (Wildman–Crippen MR) is 89.6 cm³/mol. The van der Waals surface area contributed by atoms with Gasteiger partial charge in [0.25, 0.3) is 11.8 Å². The highest BCUT2D eigenvalue weighted by atomic mass is 19.1. The lowest BCUT2D eigenvalue weighted by Gasteiger charge is -2.08. The molecule has 0 saturated heterocycles. The molecule has 3 rings (SSSR count). The average molecular weight is 341 g/mol. The van der Waals surface area contributed by atoms with Crippen LogP contribution >= 0.6 is 0 Å². The summed E-state index contributed by atoms with van der Waals surface area (Å²) in [6.45, 7) is 1.68. The molecule has 128 valence electrons. The number of rotatable bonds is 6. The second-order valence-corrected chi connectivity index (χ2v) is 5.21. The Morgan fingerprint density at radius 1 is 1.24 bits per heavy atom. The monoisotopic (exact) mass is 341 g/mol. The Labute approximate surface area is 143 Å². The van der Waals surface area contributed by atoms with Gasteiger partial charge in [-0.1, -0.05) is 30.3 Å². The van der Waals surface area contributed by atoms with Crippen LogP contribution in [0.25, 0.3) is 11.5 Å². The molecule has 7 heteroatoms. The number of hydrogen-bond donors (Lipinski definition) is 1. The Morgan fingerprint density at radius 2 is 2.08 bits per heavy atom. The summed E-state index contributed by atoms with van der Waals surface area (Å²) in [7, 11) is 0. The Balaban J connectivity index is 1.62. The summed E-state index contributed by atoms with van der Waals surface area (Å²) < 4.78 is 24.1. The van der Waals surface area contributed by atoms with Crippen molar-refractivity contribution >= 4 is 11.6 Å². The number of amides is 1. The minimum atomic E-state index is -0.499. The zero-order chi connectivity index (χ0) is 17.6. The number of carbonyl (C=O) groups is 1. The van der Waals surface area contributed by atoms with Crippen LogP contribution < -0.4 is 10.1 Å². The molecule has 0 spiro atoms. The number of hydrogen-bond acceptors (Lipinski definition) is 5. The van der Waals surface area contributed by atoms with Gasteiger partial charge in [0.2, 0.25) is 0 Å². The predicted octanol–water partition coefficient (Wildman–Crippen LogP) is 3.46. The normalized spacial score (nSPS) is 10.5. The lowest BCUT2D eigenvalue weighted by Crippen LogP contribution is -2.20. The second-order valence-electron chi connectivity index (χ2n) is 5.21. The molecule has 0 aliphatic heterocycles. The first-order valence-electron chi connectivity index (χ1n) is 7.76. The molecule has 0 bridgehead atoms. The summed E-state index contributed by atoms with van der Waals surface area (Å²) in [5.41, 5.74) is 0.807. The summed E-state index contributed by atoms with van der Waals surface area (Å²) in [6.07, 6.45) is 0.676. The third kappa shape index (κ3) is 4.20. The van der Waals surface area contributed by atoms with Gasteiger partial charge in [0, 0.05) is 12.0 Å². The van der Waals surface area contributed by atoms with Crippen molar-refractivity contribution in [2.24, 2.45) is 0 Å². The van der Waals surface area contributed by atoms with Crippen LogP contribution in [-0.4, -0.2) is 22.7 Å². The Kier molecular flexibility index (Phi) is 5.03. The van der Waals surface area contributed by atoms with Crippen LogP contribution in [0.15, 0.2) is 53.1 Å². The van der Waals surface area contributed by atoms with Crippen molar-refractivity contribution < 1.29 is 18.4 Å².